The van der Waals surface area contributed by atoms with E-state index in [1.165, 1.54) is 18.3 Å². The van der Waals surface area contributed by atoms with Crippen LogP contribution in [0.3, 0.4) is 0 Å². The highest BCUT2D eigenvalue weighted by Gasteiger charge is 2.03. The van der Waals surface area contributed by atoms with Crippen molar-refractivity contribution in [1.29, 1.82) is 0 Å². The predicted octanol–water partition coefficient (Wildman–Crippen LogP) is 2.10. The third kappa shape index (κ3) is 3.04. The number of aromatic carboxylic acids is 1. The number of carboxylic acids is 1. The molecule has 2 aromatic heterocycles. The van der Waals surface area contributed by atoms with Crippen molar-refractivity contribution < 1.29 is 9.90 Å². The third-order valence-corrected chi connectivity index (χ3v) is 2.45. The van der Waals surface area contributed by atoms with Gasteiger partial charge in [0.05, 0.1) is 5.56 Å². The molecule has 5 heteroatoms. The number of carboxylic acid groups (broad SMARTS) is 1. The molecule has 0 amide bonds. The Balaban J connectivity index is 2.04. The van der Waals surface area contributed by atoms with Crippen LogP contribution in [0.25, 0.3) is 0 Å². The van der Waals surface area contributed by atoms with Gasteiger partial charge in [-0.2, -0.15) is 0 Å². The lowest BCUT2D eigenvalue weighted by atomic mass is 10.2. The molecule has 92 valence electrons. The number of rotatable bonds is 4. The smallest absolute Gasteiger partial charge is 0.335 e. The van der Waals surface area contributed by atoms with Gasteiger partial charge in [-0.05, 0) is 30.7 Å². The fraction of sp³-hybridized carbons (Fsp3) is 0.154. The zero-order valence-electron chi connectivity index (χ0n) is 9.92. The number of hydrogen-bond donors (Lipinski definition) is 2. The number of nitrogens with one attached hydrogen (secondary N) is 1. The Morgan fingerprint density at radius 3 is 2.83 bits per heavy atom. The minimum absolute atomic E-state index is 0.217. The molecule has 0 spiro atoms. The van der Waals surface area contributed by atoms with Gasteiger partial charge in [0.15, 0.2) is 0 Å². The first-order chi connectivity index (χ1) is 8.65. The summed E-state index contributed by atoms with van der Waals surface area (Å²) in [6.45, 7) is 2.48. The van der Waals surface area contributed by atoms with Gasteiger partial charge >= 0.3 is 5.97 Å². The molecule has 0 fully saturated rings. The Hall–Kier alpha value is -2.43. The Morgan fingerprint density at radius 2 is 2.17 bits per heavy atom. The largest absolute Gasteiger partial charge is 0.478 e. The highest BCUT2D eigenvalue weighted by molar-refractivity contribution is 5.88. The van der Waals surface area contributed by atoms with Gasteiger partial charge in [0.1, 0.15) is 5.82 Å². The van der Waals surface area contributed by atoms with Crippen molar-refractivity contribution in [3.63, 3.8) is 0 Å². The van der Waals surface area contributed by atoms with Gasteiger partial charge in [0, 0.05) is 24.6 Å². The van der Waals surface area contributed by atoms with Crippen LogP contribution in [-0.2, 0) is 6.54 Å². The van der Waals surface area contributed by atoms with Gasteiger partial charge in [-0.15, -0.1) is 0 Å². The van der Waals surface area contributed by atoms with Crippen molar-refractivity contribution in [2.45, 2.75) is 13.5 Å². The lowest BCUT2D eigenvalue weighted by Gasteiger charge is -2.06. The molecule has 2 heterocycles. The second kappa shape index (κ2) is 5.27. The summed E-state index contributed by atoms with van der Waals surface area (Å²) in [5, 5.41) is 11.9. The first-order valence-electron chi connectivity index (χ1n) is 5.50. The summed E-state index contributed by atoms with van der Waals surface area (Å²) < 4.78 is 0. The van der Waals surface area contributed by atoms with Gasteiger partial charge in [-0.25, -0.2) is 9.78 Å². The van der Waals surface area contributed by atoms with E-state index in [1.54, 1.807) is 6.20 Å². The van der Waals surface area contributed by atoms with E-state index < -0.39 is 5.97 Å². The number of nitrogens with zero attached hydrogens (tertiary/aromatic N) is 2. The van der Waals surface area contributed by atoms with E-state index in [-0.39, 0.29) is 5.56 Å². The quantitative estimate of drug-likeness (QED) is 0.860. The molecule has 0 atom stereocenters. The SMILES string of the molecule is Cc1ccc(CNc2cc(C(=O)O)ccn2)cn1. The van der Waals surface area contributed by atoms with Crippen LogP contribution in [0.1, 0.15) is 21.6 Å². The van der Waals surface area contributed by atoms with Crippen LogP contribution < -0.4 is 5.32 Å². The lowest BCUT2D eigenvalue weighted by molar-refractivity contribution is 0.0697. The summed E-state index contributed by atoms with van der Waals surface area (Å²) in [5.74, 6) is -0.423. The number of hydrogen-bond acceptors (Lipinski definition) is 4. The monoisotopic (exact) mass is 243 g/mol. The lowest BCUT2D eigenvalue weighted by Crippen LogP contribution is -2.04. The molecule has 0 unspecified atom stereocenters. The maximum atomic E-state index is 10.8. The summed E-state index contributed by atoms with van der Waals surface area (Å²) >= 11 is 0. The van der Waals surface area contributed by atoms with Gasteiger partial charge in [0.2, 0.25) is 0 Å². The first kappa shape index (κ1) is 12.0. The van der Waals surface area contributed by atoms with E-state index in [2.05, 4.69) is 15.3 Å². The average molecular weight is 243 g/mol. The minimum atomic E-state index is -0.961. The van der Waals surface area contributed by atoms with Crippen LogP contribution in [0.4, 0.5) is 5.82 Å². The van der Waals surface area contributed by atoms with E-state index in [0.29, 0.717) is 12.4 Å². The molecular formula is C13H13N3O2. The van der Waals surface area contributed by atoms with E-state index >= 15 is 0 Å². The molecule has 2 aromatic rings. The number of aryl methyl sites for hydroxylation is 1. The van der Waals surface area contributed by atoms with Crippen molar-refractivity contribution in [3.8, 4) is 0 Å². The summed E-state index contributed by atoms with van der Waals surface area (Å²) in [6, 6.07) is 6.86. The van der Waals surface area contributed by atoms with E-state index in [1.807, 2.05) is 19.1 Å². The molecule has 0 aliphatic heterocycles. The fourth-order valence-corrected chi connectivity index (χ4v) is 1.46. The molecule has 0 saturated heterocycles. The second-order valence-electron chi connectivity index (χ2n) is 3.90. The number of anilines is 1. The average Bonchev–Trinajstić information content (AvgIpc) is 2.38. The van der Waals surface area contributed by atoms with Crippen LogP contribution in [0, 0.1) is 6.92 Å². The fourth-order valence-electron chi connectivity index (χ4n) is 1.46. The number of carbonyl (C=O) groups is 1. The summed E-state index contributed by atoms with van der Waals surface area (Å²) in [6.07, 6.45) is 3.25. The van der Waals surface area contributed by atoms with Crippen molar-refractivity contribution in [2.24, 2.45) is 0 Å². The number of aromatic nitrogens is 2. The van der Waals surface area contributed by atoms with E-state index in [4.69, 9.17) is 5.11 Å². The third-order valence-electron chi connectivity index (χ3n) is 2.45. The Kier molecular flexibility index (Phi) is 3.52. The molecule has 0 bridgehead atoms. The molecule has 0 aromatic carbocycles. The van der Waals surface area contributed by atoms with Gasteiger partial charge in [-0.3, -0.25) is 4.98 Å². The zero-order valence-corrected chi connectivity index (χ0v) is 9.92. The molecule has 18 heavy (non-hydrogen) atoms. The standard InChI is InChI=1S/C13H13N3O2/c1-9-2-3-10(7-15-9)8-16-12-6-11(13(17)18)4-5-14-12/h2-7H,8H2,1H3,(H,14,16)(H,17,18). The molecule has 0 aliphatic carbocycles. The van der Waals surface area contributed by atoms with E-state index in [0.717, 1.165) is 11.3 Å². The molecule has 2 rings (SSSR count). The van der Waals surface area contributed by atoms with Crippen LogP contribution in [-0.4, -0.2) is 21.0 Å². The summed E-state index contributed by atoms with van der Waals surface area (Å²) in [7, 11) is 0. The normalized spacial score (nSPS) is 10.1. The zero-order chi connectivity index (χ0) is 13.0. The Labute approximate surface area is 105 Å². The van der Waals surface area contributed by atoms with Gasteiger partial charge in [-0.1, -0.05) is 6.07 Å². The van der Waals surface area contributed by atoms with Crippen molar-refractivity contribution >= 4 is 11.8 Å². The van der Waals surface area contributed by atoms with Crippen LogP contribution in [0.5, 0.6) is 0 Å². The second-order valence-corrected chi connectivity index (χ2v) is 3.90. The van der Waals surface area contributed by atoms with Crippen LogP contribution in [0.2, 0.25) is 0 Å². The first-order valence-corrected chi connectivity index (χ1v) is 5.50. The maximum absolute atomic E-state index is 10.8. The van der Waals surface area contributed by atoms with Gasteiger partial charge < -0.3 is 10.4 Å². The summed E-state index contributed by atoms with van der Waals surface area (Å²) in [5.41, 5.74) is 2.20. The van der Waals surface area contributed by atoms with Crippen molar-refractivity contribution in [2.75, 3.05) is 5.32 Å². The Bertz CT molecular complexity index is 552. The topological polar surface area (TPSA) is 75.1 Å². The van der Waals surface area contributed by atoms with Crippen molar-refractivity contribution in [3.05, 3.63) is 53.5 Å². The minimum Gasteiger partial charge on any atom is -0.478 e. The van der Waals surface area contributed by atoms with E-state index in [9.17, 15) is 4.79 Å². The summed E-state index contributed by atoms with van der Waals surface area (Å²) in [4.78, 5) is 19.0. The van der Waals surface area contributed by atoms with Crippen LogP contribution >= 0.6 is 0 Å². The van der Waals surface area contributed by atoms with Gasteiger partial charge in [0.25, 0.3) is 0 Å². The molecular weight excluding hydrogens is 230 g/mol. The highest BCUT2D eigenvalue weighted by atomic mass is 16.4. The molecule has 2 N–H and O–H groups in total. The highest BCUT2D eigenvalue weighted by Crippen LogP contribution is 2.08. The molecule has 0 radical (unpaired) electrons. The Morgan fingerprint density at radius 1 is 1.33 bits per heavy atom. The van der Waals surface area contributed by atoms with Crippen molar-refractivity contribution in [1.82, 2.24) is 9.97 Å². The number of pyridine rings is 2. The molecule has 5 nitrogen and oxygen atoms in total. The maximum Gasteiger partial charge on any atom is 0.335 e. The molecule has 0 aliphatic rings. The van der Waals surface area contributed by atoms with Crippen LogP contribution in [0.15, 0.2) is 36.7 Å². The molecule has 0 saturated carbocycles. The predicted molar refractivity (Wildman–Crippen MR) is 67.5 cm³/mol.